The molecule has 16 heavy (non-hydrogen) atoms. The van der Waals surface area contributed by atoms with E-state index in [0.29, 0.717) is 16.3 Å². The minimum atomic E-state index is -0.502. The lowest BCUT2D eigenvalue weighted by Gasteiger charge is -1.94. The van der Waals surface area contributed by atoms with Crippen molar-refractivity contribution in [3.8, 4) is 0 Å². The molecule has 0 bridgehead atoms. The van der Waals surface area contributed by atoms with Crippen molar-refractivity contribution in [3.63, 3.8) is 0 Å². The van der Waals surface area contributed by atoms with Gasteiger partial charge in [0.15, 0.2) is 5.11 Å². The first kappa shape index (κ1) is 10.4. The highest BCUT2D eigenvalue weighted by molar-refractivity contribution is 7.80. The van der Waals surface area contributed by atoms with Gasteiger partial charge in [-0.2, -0.15) is 15.1 Å². The van der Waals surface area contributed by atoms with Gasteiger partial charge in [0.2, 0.25) is 0 Å². The van der Waals surface area contributed by atoms with E-state index in [1.807, 2.05) is 0 Å². The van der Waals surface area contributed by atoms with E-state index in [-0.39, 0.29) is 5.11 Å². The highest BCUT2D eigenvalue weighted by Crippen LogP contribution is 1.89. The second-order valence-electron chi connectivity index (χ2n) is 2.96. The summed E-state index contributed by atoms with van der Waals surface area (Å²) in [6, 6.07) is 4.74. The zero-order valence-electron chi connectivity index (χ0n) is 8.04. The zero-order valence-corrected chi connectivity index (χ0v) is 8.86. The van der Waals surface area contributed by atoms with Gasteiger partial charge < -0.3 is 5.73 Å². The van der Waals surface area contributed by atoms with Gasteiger partial charge in [-0.05, 0) is 18.3 Å². The van der Waals surface area contributed by atoms with E-state index >= 15 is 0 Å². The fourth-order valence-corrected chi connectivity index (χ4v) is 1.31. The van der Waals surface area contributed by atoms with Crippen molar-refractivity contribution in [2.24, 2.45) is 20.8 Å². The molecule has 1 aliphatic heterocycles. The number of nitrogens with two attached hydrogens (primary N) is 1. The molecule has 0 unspecified atom stereocenters. The monoisotopic (exact) mass is 233 g/mol. The molecule has 0 spiro atoms. The fourth-order valence-electron chi connectivity index (χ4n) is 1.25. The summed E-state index contributed by atoms with van der Waals surface area (Å²) < 4.78 is 0. The lowest BCUT2D eigenvalue weighted by atomic mass is 10.2. The first-order valence-corrected chi connectivity index (χ1v) is 4.76. The standard InChI is InChI=1S/C9H7N5OS/c10-8(16)14-11-4-5-2-1-3-6-7(5)13-9(15)12-6/h1-4H,(H3,10,14,16). The quantitative estimate of drug-likeness (QED) is 0.398. The van der Waals surface area contributed by atoms with E-state index in [2.05, 4.69) is 32.7 Å². The second-order valence-corrected chi connectivity index (χ2v) is 3.40. The Balaban J connectivity index is 2.39. The summed E-state index contributed by atoms with van der Waals surface area (Å²) in [5.74, 6) is 0. The SMILES string of the molecule is NC(=S)NN=Cc1cccc2c1=NC(=O)N=2. The number of nitrogens with zero attached hydrogens (tertiary/aromatic N) is 3. The number of para-hydroxylation sites is 1. The number of rotatable bonds is 2. The fraction of sp³-hybridized carbons (Fsp3) is 0. The smallest absolute Gasteiger partial charge is 0.368 e. The third-order valence-electron chi connectivity index (χ3n) is 1.85. The number of thiocarbonyl (C=S) groups is 1. The van der Waals surface area contributed by atoms with Crippen molar-refractivity contribution in [2.75, 3.05) is 0 Å². The summed E-state index contributed by atoms with van der Waals surface area (Å²) >= 11 is 4.59. The number of hydrogen-bond donors (Lipinski definition) is 2. The molecule has 3 N–H and O–H groups in total. The molecule has 1 heterocycles. The maximum atomic E-state index is 11.0. The molecule has 0 aromatic heterocycles. The van der Waals surface area contributed by atoms with Crippen LogP contribution in [0.5, 0.6) is 0 Å². The third kappa shape index (κ3) is 2.09. The van der Waals surface area contributed by atoms with Crippen LogP contribution in [0.25, 0.3) is 0 Å². The topological polar surface area (TPSA) is 92.2 Å². The summed E-state index contributed by atoms with van der Waals surface area (Å²) in [6.07, 6.45) is 1.48. The van der Waals surface area contributed by atoms with Crippen LogP contribution in [0.1, 0.15) is 5.56 Å². The Hall–Kier alpha value is -2.15. The van der Waals surface area contributed by atoms with Gasteiger partial charge in [0.05, 0.1) is 11.6 Å². The summed E-state index contributed by atoms with van der Waals surface area (Å²) in [6.45, 7) is 0. The minimum Gasteiger partial charge on any atom is -0.375 e. The predicted molar refractivity (Wildman–Crippen MR) is 61.7 cm³/mol. The lowest BCUT2D eigenvalue weighted by Crippen LogP contribution is -2.27. The van der Waals surface area contributed by atoms with Crippen LogP contribution in [0.15, 0.2) is 33.3 Å². The van der Waals surface area contributed by atoms with Crippen molar-refractivity contribution in [1.29, 1.82) is 0 Å². The van der Waals surface area contributed by atoms with E-state index in [1.54, 1.807) is 18.2 Å². The van der Waals surface area contributed by atoms with E-state index in [4.69, 9.17) is 5.73 Å². The van der Waals surface area contributed by atoms with Crippen LogP contribution in [0.3, 0.4) is 0 Å². The molecule has 0 atom stereocenters. The maximum Gasteiger partial charge on any atom is 0.368 e. The first-order chi connectivity index (χ1) is 7.66. The van der Waals surface area contributed by atoms with Gasteiger partial charge in [-0.3, -0.25) is 5.43 Å². The van der Waals surface area contributed by atoms with Gasteiger partial charge >= 0.3 is 6.03 Å². The largest absolute Gasteiger partial charge is 0.375 e. The van der Waals surface area contributed by atoms with Crippen molar-refractivity contribution in [3.05, 3.63) is 34.5 Å². The van der Waals surface area contributed by atoms with Gasteiger partial charge in [-0.1, -0.05) is 12.1 Å². The second kappa shape index (κ2) is 4.15. The van der Waals surface area contributed by atoms with E-state index < -0.39 is 6.03 Å². The number of nitrogens with one attached hydrogen (secondary N) is 1. The Kier molecular flexibility index (Phi) is 2.69. The van der Waals surface area contributed by atoms with Gasteiger partial charge in [0.1, 0.15) is 5.36 Å². The average molecular weight is 233 g/mol. The highest BCUT2D eigenvalue weighted by Gasteiger charge is 2.06. The molecule has 2 amide bonds. The van der Waals surface area contributed by atoms with Crippen LogP contribution in [0.4, 0.5) is 4.79 Å². The number of hydrogen-bond acceptors (Lipinski definition) is 3. The van der Waals surface area contributed by atoms with E-state index in [1.165, 1.54) is 6.21 Å². The summed E-state index contributed by atoms with van der Waals surface area (Å²) in [4.78, 5) is 18.5. The summed E-state index contributed by atoms with van der Waals surface area (Å²) in [7, 11) is 0. The molecular formula is C9H7N5OS. The molecule has 6 nitrogen and oxygen atoms in total. The number of carbonyl (C=O) groups excluding carboxylic acids is 1. The van der Waals surface area contributed by atoms with Gasteiger partial charge in [0.25, 0.3) is 0 Å². The molecule has 1 aromatic rings. The number of fused-ring (bicyclic) bond motifs is 1. The Morgan fingerprint density at radius 2 is 2.31 bits per heavy atom. The third-order valence-corrected chi connectivity index (χ3v) is 1.94. The average Bonchev–Trinajstić information content (AvgIpc) is 2.58. The molecule has 7 heteroatoms. The molecule has 1 aliphatic rings. The molecule has 1 aromatic carbocycles. The van der Waals surface area contributed by atoms with Crippen LogP contribution in [0.2, 0.25) is 0 Å². The first-order valence-electron chi connectivity index (χ1n) is 4.36. The summed E-state index contributed by atoms with van der Waals surface area (Å²) in [5, 5.41) is 4.92. The molecular weight excluding hydrogens is 226 g/mol. The number of hydrazone groups is 1. The Morgan fingerprint density at radius 3 is 3.06 bits per heavy atom. The van der Waals surface area contributed by atoms with Crippen LogP contribution in [-0.2, 0) is 0 Å². The Morgan fingerprint density at radius 1 is 1.50 bits per heavy atom. The van der Waals surface area contributed by atoms with Gasteiger partial charge in [0, 0.05) is 5.56 Å². The number of carbonyl (C=O) groups is 1. The highest BCUT2D eigenvalue weighted by atomic mass is 32.1. The van der Waals surface area contributed by atoms with Crippen LogP contribution in [-0.4, -0.2) is 17.4 Å². The van der Waals surface area contributed by atoms with Crippen molar-refractivity contribution in [2.45, 2.75) is 0 Å². The summed E-state index contributed by atoms with van der Waals surface area (Å²) in [5.41, 5.74) is 8.30. The van der Waals surface area contributed by atoms with Crippen LogP contribution in [0, 0.1) is 0 Å². The minimum absolute atomic E-state index is 0.0709. The molecule has 2 rings (SSSR count). The normalized spacial score (nSPS) is 13.1. The lowest BCUT2D eigenvalue weighted by molar-refractivity contribution is 0.256. The van der Waals surface area contributed by atoms with E-state index in [0.717, 1.165) is 0 Å². The van der Waals surface area contributed by atoms with Gasteiger partial charge in [-0.15, -0.1) is 0 Å². The number of amides is 2. The number of benzene rings is 1. The van der Waals surface area contributed by atoms with E-state index in [9.17, 15) is 4.79 Å². The van der Waals surface area contributed by atoms with Crippen molar-refractivity contribution >= 4 is 29.6 Å². The number of urea groups is 1. The molecule has 0 radical (unpaired) electrons. The van der Waals surface area contributed by atoms with Gasteiger partial charge in [-0.25, -0.2) is 4.79 Å². The van der Waals surface area contributed by atoms with Crippen molar-refractivity contribution in [1.82, 2.24) is 5.43 Å². The molecule has 0 saturated carbocycles. The molecule has 80 valence electrons. The molecule has 0 aliphatic carbocycles. The van der Waals surface area contributed by atoms with Crippen LogP contribution < -0.4 is 21.9 Å². The van der Waals surface area contributed by atoms with Crippen LogP contribution >= 0.6 is 12.2 Å². The predicted octanol–water partition coefficient (Wildman–Crippen LogP) is -0.773. The Bertz CT molecular complexity index is 607. The Labute approximate surface area is 95.6 Å². The zero-order chi connectivity index (χ0) is 11.5. The van der Waals surface area contributed by atoms with Crippen molar-refractivity contribution < 1.29 is 4.79 Å². The maximum absolute atomic E-state index is 11.0. The molecule has 0 fully saturated rings. The molecule has 0 saturated heterocycles.